The van der Waals surface area contributed by atoms with Crippen molar-refractivity contribution in [3.05, 3.63) is 200 Å². The normalized spacial score (nSPS) is 11.3. The third kappa shape index (κ3) is 6.08. The van der Waals surface area contributed by atoms with Gasteiger partial charge in [-0.05, 0) is 96.0 Å². The van der Waals surface area contributed by atoms with Crippen molar-refractivity contribution in [2.75, 3.05) is 0 Å². The molecule has 1 heterocycles. The fourth-order valence-corrected chi connectivity index (χ4v) is 7.35. The monoisotopic (exact) mass is 687 g/mol. The number of benzene rings is 9. The van der Waals surface area contributed by atoms with Gasteiger partial charge in [-0.2, -0.15) is 0 Å². The highest BCUT2D eigenvalue weighted by atomic mass is 15.0. The summed E-state index contributed by atoms with van der Waals surface area (Å²) in [6, 6.07) is 70.8. The van der Waals surface area contributed by atoms with Crippen LogP contribution in [0, 0.1) is 0 Å². The molecule has 0 amide bonds. The molecule has 10 aromatic rings. The molecule has 0 spiro atoms. The number of nitrogens with zero attached hydrogens (tertiary/aromatic N) is 3. The fourth-order valence-electron chi connectivity index (χ4n) is 7.35. The Kier molecular flexibility index (Phi) is 7.81. The maximum atomic E-state index is 5.11. The van der Waals surface area contributed by atoms with E-state index in [0.717, 1.165) is 38.8 Å². The molecule has 0 aliphatic heterocycles. The summed E-state index contributed by atoms with van der Waals surface area (Å²) in [6.45, 7) is 0. The highest BCUT2D eigenvalue weighted by Crippen LogP contribution is 2.33. The van der Waals surface area contributed by atoms with E-state index in [1.54, 1.807) is 0 Å². The highest BCUT2D eigenvalue weighted by molar-refractivity contribution is 5.93. The maximum absolute atomic E-state index is 5.11. The van der Waals surface area contributed by atoms with Crippen LogP contribution in [0.5, 0.6) is 0 Å². The van der Waals surface area contributed by atoms with Crippen LogP contribution in [-0.4, -0.2) is 15.0 Å². The van der Waals surface area contributed by atoms with Gasteiger partial charge in [-0.3, -0.25) is 0 Å². The average molecular weight is 688 g/mol. The molecule has 9 aromatic carbocycles. The third-order valence-corrected chi connectivity index (χ3v) is 10.3. The Balaban J connectivity index is 1.05. The standard InChI is InChI=1S/C51H33N3/c1-2-9-34(10-3-1)41-15-8-16-47(32-41)50-52-49(38-21-17-37(18-22-38)42-23-19-35-11-4-6-13-39(35)29-42)53-51(54-50)48-28-27-45-31-44(25-26-46(45)33-48)43-24-20-36-12-5-7-14-40(36)30-43/h1-33H. The second-order valence-corrected chi connectivity index (χ2v) is 13.7. The number of fused-ring (bicyclic) bond motifs is 3. The van der Waals surface area contributed by atoms with Gasteiger partial charge in [-0.15, -0.1) is 0 Å². The predicted octanol–water partition coefficient (Wildman–Crippen LogP) is 13.3. The highest BCUT2D eigenvalue weighted by Gasteiger charge is 2.14. The van der Waals surface area contributed by atoms with E-state index < -0.39 is 0 Å². The van der Waals surface area contributed by atoms with Crippen LogP contribution in [-0.2, 0) is 0 Å². The van der Waals surface area contributed by atoms with E-state index in [4.69, 9.17) is 15.0 Å². The molecule has 10 rings (SSSR count). The summed E-state index contributed by atoms with van der Waals surface area (Å²) < 4.78 is 0. The number of rotatable bonds is 6. The molecule has 3 nitrogen and oxygen atoms in total. The van der Waals surface area contributed by atoms with E-state index in [2.05, 4.69) is 194 Å². The van der Waals surface area contributed by atoms with Crippen LogP contribution in [0.2, 0.25) is 0 Å². The zero-order valence-corrected chi connectivity index (χ0v) is 29.4. The van der Waals surface area contributed by atoms with Gasteiger partial charge in [-0.1, -0.05) is 170 Å². The predicted molar refractivity (Wildman–Crippen MR) is 225 cm³/mol. The Bertz CT molecular complexity index is 2990. The van der Waals surface area contributed by atoms with E-state index in [-0.39, 0.29) is 0 Å². The van der Waals surface area contributed by atoms with Gasteiger partial charge < -0.3 is 0 Å². The fraction of sp³-hybridized carbons (Fsp3) is 0. The van der Waals surface area contributed by atoms with E-state index in [0.29, 0.717) is 17.5 Å². The first kappa shape index (κ1) is 31.5. The molecule has 0 aliphatic carbocycles. The molecule has 0 atom stereocenters. The first-order valence-corrected chi connectivity index (χ1v) is 18.3. The van der Waals surface area contributed by atoms with E-state index in [1.807, 2.05) is 6.07 Å². The van der Waals surface area contributed by atoms with Crippen LogP contribution in [0.3, 0.4) is 0 Å². The molecule has 0 aliphatic rings. The van der Waals surface area contributed by atoms with Crippen molar-refractivity contribution in [1.29, 1.82) is 0 Å². The maximum Gasteiger partial charge on any atom is 0.164 e. The topological polar surface area (TPSA) is 38.7 Å². The largest absolute Gasteiger partial charge is 0.208 e. The molecule has 0 unspecified atom stereocenters. The molecule has 0 radical (unpaired) electrons. The van der Waals surface area contributed by atoms with E-state index in [1.165, 1.54) is 43.6 Å². The van der Waals surface area contributed by atoms with Gasteiger partial charge >= 0.3 is 0 Å². The minimum absolute atomic E-state index is 0.636. The lowest BCUT2D eigenvalue weighted by atomic mass is 9.98. The Hall–Kier alpha value is -7.23. The Morgan fingerprint density at radius 3 is 1.09 bits per heavy atom. The number of hydrogen-bond acceptors (Lipinski definition) is 3. The lowest BCUT2D eigenvalue weighted by Gasteiger charge is -2.11. The van der Waals surface area contributed by atoms with Gasteiger partial charge in [0.25, 0.3) is 0 Å². The second-order valence-electron chi connectivity index (χ2n) is 13.7. The van der Waals surface area contributed by atoms with Crippen LogP contribution < -0.4 is 0 Å². The second kappa shape index (κ2) is 13.4. The first-order valence-electron chi connectivity index (χ1n) is 18.3. The molecule has 0 fully saturated rings. The van der Waals surface area contributed by atoms with E-state index in [9.17, 15) is 0 Å². The summed E-state index contributed by atoms with van der Waals surface area (Å²) in [5.41, 5.74) is 9.80. The van der Waals surface area contributed by atoms with Crippen molar-refractivity contribution in [2.45, 2.75) is 0 Å². The first-order chi connectivity index (χ1) is 26.7. The van der Waals surface area contributed by atoms with E-state index >= 15 is 0 Å². The molecule has 0 bridgehead atoms. The van der Waals surface area contributed by atoms with Gasteiger partial charge in [0.1, 0.15) is 0 Å². The Labute approximate surface area is 313 Å². The van der Waals surface area contributed by atoms with Crippen LogP contribution in [0.4, 0.5) is 0 Å². The van der Waals surface area contributed by atoms with Gasteiger partial charge in [-0.25, -0.2) is 15.0 Å². The summed E-state index contributed by atoms with van der Waals surface area (Å²) in [5.74, 6) is 1.91. The van der Waals surface area contributed by atoms with Gasteiger partial charge in [0, 0.05) is 16.7 Å². The molecule has 54 heavy (non-hydrogen) atoms. The van der Waals surface area contributed by atoms with Crippen LogP contribution >= 0.6 is 0 Å². The summed E-state index contributed by atoms with van der Waals surface area (Å²) in [6.07, 6.45) is 0. The van der Waals surface area contributed by atoms with Crippen molar-refractivity contribution >= 4 is 32.3 Å². The minimum atomic E-state index is 0.636. The Morgan fingerprint density at radius 1 is 0.185 bits per heavy atom. The number of hydrogen-bond donors (Lipinski definition) is 0. The Morgan fingerprint density at radius 2 is 0.500 bits per heavy atom. The quantitative estimate of drug-likeness (QED) is 0.175. The summed E-state index contributed by atoms with van der Waals surface area (Å²) in [7, 11) is 0. The SMILES string of the molecule is c1ccc(-c2cccc(-c3nc(-c4ccc(-c5ccc6ccccc6c5)cc4)nc(-c4ccc5cc(-c6ccc7ccccc7c6)ccc5c4)n3)c2)cc1. The minimum Gasteiger partial charge on any atom is -0.208 e. The molecule has 252 valence electrons. The smallest absolute Gasteiger partial charge is 0.164 e. The molecule has 0 N–H and O–H groups in total. The molecule has 0 saturated carbocycles. The average Bonchev–Trinajstić information content (AvgIpc) is 3.26. The van der Waals surface area contributed by atoms with Crippen LogP contribution in [0.15, 0.2) is 200 Å². The van der Waals surface area contributed by atoms with Crippen molar-refractivity contribution in [1.82, 2.24) is 15.0 Å². The summed E-state index contributed by atoms with van der Waals surface area (Å²) in [5, 5.41) is 7.24. The van der Waals surface area contributed by atoms with Gasteiger partial charge in [0.05, 0.1) is 0 Å². The molecule has 3 heteroatoms. The zero-order chi connectivity index (χ0) is 35.8. The van der Waals surface area contributed by atoms with Crippen LogP contribution in [0.25, 0.3) is 99.9 Å². The molecule has 1 aromatic heterocycles. The van der Waals surface area contributed by atoms with Gasteiger partial charge in [0.15, 0.2) is 17.5 Å². The summed E-state index contributed by atoms with van der Waals surface area (Å²) >= 11 is 0. The van der Waals surface area contributed by atoms with Crippen molar-refractivity contribution in [3.8, 4) is 67.5 Å². The molecular weight excluding hydrogens is 655 g/mol. The van der Waals surface area contributed by atoms with Crippen molar-refractivity contribution in [2.24, 2.45) is 0 Å². The molecular formula is C51H33N3. The molecule has 0 saturated heterocycles. The van der Waals surface area contributed by atoms with Crippen molar-refractivity contribution in [3.63, 3.8) is 0 Å². The lowest BCUT2D eigenvalue weighted by Crippen LogP contribution is -2.00. The summed E-state index contributed by atoms with van der Waals surface area (Å²) in [4.78, 5) is 15.3. The number of aromatic nitrogens is 3. The van der Waals surface area contributed by atoms with Crippen LogP contribution in [0.1, 0.15) is 0 Å². The van der Waals surface area contributed by atoms with Gasteiger partial charge in [0.2, 0.25) is 0 Å². The third-order valence-electron chi connectivity index (χ3n) is 10.3. The lowest BCUT2D eigenvalue weighted by molar-refractivity contribution is 1.07. The zero-order valence-electron chi connectivity index (χ0n) is 29.4. The van der Waals surface area contributed by atoms with Crippen molar-refractivity contribution < 1.29 is 0 Å².